The first-order valence-electron chi connectivity index (χ1n) is 7.85. The van der Waals surface area contributed by atoms with Crippen LogP contribution in [-0.4, -0.2) is 15.9 Å². The summed E-state index contributed by atoms with van der Waals surface area (Å²) < 4.78 is 40.4. The van der Waals surface area contributed by atoms with E-state index < -0.39 is 11.7 Å². The minimum Gasteiger partial charge on any atom is -0.311 e. The normalized spacial score (nSPS) is 13.3. The summed E-state index contributed by atoms with van der Waals surface area (Å²) in [5.41, 5.74) is 1.61. The van der Waals surface area contributed by atoms with E-state index in [1.807, 2.05) is 35.7 Å². The molecule has 1 aromatic carbocycles. The Labute approximate surface area is 148 Å². The Bertz CT molecular complexity index is 873. The number of rotatable bonds is 5. The van der Waals surface area contributed by atoms with Crippen LogP contribution in [0.4, 0.5) is 13.2 Å². The Morgan fingerprint density at radius 3 is 2.76 bits per heavy atom. The van der Waals surface area contributed by atoms with Crippen molar-refractivity contribution in [2.75, 3.05) is 6.54 Å². The molecule has 1 atom stereocenters. The number of fused-ring (bicyclic) bond motifs is 1. The number of alkyl halides is 3. The number of aromatic nitrogens is 2. The van der Waals surface area contributed by atoms with E-state index in [1.165, 1.54) is 12.1 Å². The summed E-state index contributed by atoms with van der Waals surface area (Å²) in [5.74, 6) is -0.0692. The number of halogens is 4. The van der Waals surface area contributed by atoms with Crippen LogP contribution >= 0.6 is 11.6 Å². The molecule has 1 unspecified atom stereocenters. The summed E-state index contributed by atoms with van der Waals surface area (Å²) in [6.07, 6.45) is -2.45. The van der Waals surface area contributed by atoms with Crippen molar-refractivity contribution >= 4 is 17.2 Å². The van der Waals surface area contributed by atoms with Gasteiger partial charge in [0.15, 0.2) is 5.15 Å². The van der Waals surface area contributed by atoms with Crippen molar-refractivity contribution in [3.63, 3.8) is 0 Å². The van der Waals surface area contributed by atoms with Gasteiger partial charge in [-0.05, 0) is 29.7 Å². The van der Waals surface area contributed by atoms with Gasteiger partial charge in [0.25, 0.3) is 0 Å². The predicted octanol–water partition coefficient (Wildman–Crippen LogP) is 4.90. The highest BCUT2D eigenvalue weighted by Crippen LogP contribution is 2.31. The standard InChI is InChI=1S/C18H17ClF3N3/c1-12(13-5-4-6-14(9-13)18(20,21)22)10-23-11-15-17(19)24-16-7-2-3-8-25(15)16/h2-9,12,23H,10-11H2,1H3. The lowest BCUT2D eigenvalue weighted by Gasteiger charge is -2.15. The van der Waals surface area contributed by atoms with Gasteiger partial charge in [0.05, 0.1) is 11.3 Å². The Morgan fingerprint density at radius 1 is 1.20 bits per heavy atom. The van der Waals surface area contributed by atoms with Crippen molar-refractivity contribution in [1.29, 1.82) is 0 Å². The van der Waals surface area contributed by atoms with Gasteiger partial charge in [0.2, 0.25) is 0 Å². The fourth-order valence-electron chi connectivity index (χ4n) is 2.72. The van der Waals surface area contributed by atoms with E-state index in [4.69, 9.17) is 11.6 Å². The summed E-state index contributed by atoms with van der Waals surface area (Å²) in [6.45, 7) is 2.89. The van der Waals surface area contributed by atoms with Crippen LogP contribution in [0.2, 0.25) is 5.15 Å². The summed E-state index contributed by atoms with van der Waals surface area (Å²) >= 11 is 6.17. The highest BCUT2D eigenvalue weighted by atomic mass is 35.5. The maximum absolute atomic E-state index is 12.8. The van der Waals surface area contributed by atoms with Crippen LogP contribution in [0.3, 0.4) is 0 Å². The number of benzene rings is 1. The van der Waals surface area contributed by atoms with E-state index >= 15 is 0 Å². The average Bonchev–Trinajstić information content (AvgIpc) is 2.90. The second kappa shape index (κ2) is 7.06. The smallest absolute Gasteiger partial charge is 0.311 e. The Balaban J connectivity index is 1.67. The number of nitrogens with one attached hydrogen (secondary N) is 1. The second-order valence-corrected chi connectivity index (χ2v) is 6.29. The van der Waals surface area contributed by atoms with Gasteiger partial charge in [0.1, 0.15) is 5.65 Å². The van der Waals surface area contributed by atoms with E-state index in [0.29, 0.717) is 23.8 Å². The van der Waals surface area contributed by atoms with E-state index in [-0.39, 0.29) is 5.92 Å². The lowest BCUT2D eigenvalue weighted by Crippen LogP contribution is -2.21. The summed E-state index contributed by atoms with van der Waals surface area (Å²) in [6, 6.07) is 11.1. The van der Waals surface area contributed by atoms with Gasteiger partial charge in [0, 0.05) is 19.3 Å². The summed E-state index contributed by atoms with van der Waals surface area (Å²) in [7, 11) is 0. The van der Waals surface area contributed by atoms with Gasteiger partial charge in [-0.1, -0.05) is 42.8 Å². The predicted molar refractivity (Wildman–Crippen MR) is 91.8 cm³/mol. The van der Waals surface area contributed by atoms with Crippen LogP contribution < -0.4 is 5.32 Å². The highest BCUT2D eigenvalue weighted by Gasteiger charge is 2.30. The van der Waals surface area contributed by atoms with E-state index in [2.05, 4.69) is 10.3 Å². The monoisotopic (exact) mass is 367 g/mol. The van der Waals surface area contributed by atoms with E-state index in [9.17, 15) is 13.2 Å². The van der Waals surface area contributed by atoms with Gasteiger partial charge in [-0.15, -0.1) is 0 Å². The Kier molecular flexibility index (Phi) is 5.01. The molecule has 0 amide bonds. The fraction of sp³-hybridized carbons (Fsp3) is 0.278. The third kappa shape index (κ3) is 3.96. The number of hydrogen-bond acceptors (Lipinski definition) is 2. The molecule has 0 saturated carbocycles. The van der Waals surface area contributed by atoms with Gasteiger partial charge in [-0.3, -0.25) is 0 Å². The number of hydrogen-bond donors (Lipinski definition) is 1. The molecule has 1 N–H and O–H groups in total. The first-order chi connectivity index (χ1) is 11.9. The molecule has 0 radical (unpaired) electrons. The van der Waals surface area contributed by atoms with Crippen molar-refractivity contribution in [3.05, 3.63) is 70.6 Å². The fourth-order valence-corrected chi connectivity index (χ4v) is 2.97. The van der Waals surface area contributed by atoms with Crippen LogP contribution in [0.5, 0.6) is 0 Å². The molecule has 0 aliphatic carbocycles. The van der Waals surface area contributed by atoms with Crippen LogP contribution in [0.25, 0.3) is 5.65 Å². The van der Waals surface area contributed by atoms with Gasteiger partial charge < -0.3 is 9.72 Å². The molecule has 25 heavy (non-hydrogen) atoms. The molecular formula is C18H17ClF3N3. The Morgan fingerprint density at radius 2 is 2.00 bits per heavy atom. The molecular weight excluding hydrogens is 351 g/mol. The molecule has 0 fully saturated rings. The number of imidazole rings is 1. The van der Waals surface area contributed by atoms with Crippen molar-refractivity contribution in [2.45, 2.75) is 25.6 Å². The Hall–Kier alpha value is -2.05. The number of nitrogens with zero attached hydrogens (tertiary/aromatic N) is 2. The zero-order valence-corrected chi connectivity index (χ0v) is 14.3. The van der Waals surface area contributed by atoms with Crippen molar-refractivity contribution in [2.24, 2.45) is 0 Å². The molecule has 132 valence electrons. The first-order valence-corrected chi connectivity index (χ1v) is 8.23. The van der Waals surface area contributed by atoms with Crippen LogP contribution in [0.15, 0.2) is 48.7 Å². The zero-order chi connectivity index (χ0) is 18.0. The minimum absolute atomic E-state index is 0.0692. The first kappa shape index (κ1) is 17.8. The molecule has 3 rings (SSSR count). The maximum Gasteiger partial charge on any atom is 0.416 e. The molecule has 3 nitrogen and oxygen atoms in total. The van der Waals surface area contributed by atoms with Crippen molar-refractivity contribution in [1.82, 2.24) is 14.7 Å². The molecule has 0 spiro atoms. The zero-order valence-electron chi connectivity index (χ0n) is 13.5. The molecule has 0 bridgehead atoms. The maximum atomic E-state index is 12.8. The lowest BCUT2D eigenvalue weighted by atomic mass is 9.99. The third-order valence-electron chi connectivity index (χ3n) is 4.11. The summed E-state index contributed by atoms with van der Waals surface area (Å²) in [4.78, 5) is 4.27. The third-order valence-corrected chi connectivity index (χ3v) is 4.41. The van der Waals surface area contributed by atoms with Crippen LogP contribution in [0, 0.1) is 0 Å². The SMILES string of the molecule is CC(CNCc1c(Cl)nc2ccccn12)c1cccc(C(F)(F)F)c1. The van der Waals surface area contributed by atoms with Crippen LogP contribution in [-0.2, 0) is 12.7 Å². The lowest BCUT2D eigenvalue weighted by molar-refractivity contribution is -0.137. The number of pyridine rings is 1. The topological polar surface area (TPSA) is 29.3 Å². The molecule has 2 aromatic heterocycles. The second-order valence-electron chi connectivity index (χ2n) is 5.93. The highest BCUT2D eigenvalue weighted by molar-refractivity contribution is 6.30. The van der Waals surface area contributed by atoms with Gasteiger partial charge in [-0.25, -0.2) is 4.98 Å². The van der Waals surface area contributed by atoms with Crippen molar-refractivity contribution in [3.8, 4) is 0 Å². The minimum atomic E-state index is -4.33. The largest absolute Gasteiger partial charge is 0.416 e. The molecule has 0 saturated heterocycles. The van der Waals surface area contributed by atoms with Gasteiger partial charge in [-0.2, -0.15) is 13.2 Å². The quantitative estimate of drug-likeness (QED) is 0.695. The summed E-state index contributed by atoms with van der Waals surface area (Å²) in [5, 5.41) is 3.67. The molecule has 0 aliphatic heterocycles. The van der Waals surface area contributed by atoms with Crippen molar-refractivity contribution < 1.29 is 13.2 Å². The molecule has 7 heteroatoms. The van der Waals surface area contributed by atoms with Crippen LogP contribution in [0.1, 0.15) is 29.7 Å². The molecule has 3 aromatic rings. The van der Waals surface area contributed by atoms with E-state index in [0.717, 1.165) is 17.4 Å². The average molecular weight is 368 g/mol. The van der Waals surface area contributed by atoms with Gasteiger partial charge >= 0.3 is 6.18 Å². The molecule has 0 aliphatic rings. The van der Waals surface area contributed by atoms with E-state index in [1.54, 1.807) is 6.07 Å². The molecule has 2 heterocycles.